The number of rotatable bonds is 3. The molecule has 2 N–H and O–H groups in total. The molecule has 1 aromatic heterocycles. The van der Waals surface area contributed by atoms with Crippen molar-refractivity contribution in [3.05, 3.63) is 36.2 Å². The molecule has 1 fully saturated rings. The maximum absolute atomic E-state index is 12.4. The number of H-pyrrole nitrogens is 1. The molecular formula is C15H17N3O3. The molecule has 0 aliphatic carbocycles. The predicted octanol–water partition coefficient (Wildman–Crippen LogP) is 1.29. The first-order chi connectivity index (χ1) is 10.2. The number of β-amino-alcohol motifs (C(OH)–C–C–N with tert-alkyl or cyclic N) is 1. The number of aliphatic hydroxyl groups excluding tert-OH is 1. The molecule has 2 aromatic rings. The maximum Gasteiger partial charge on any atom is 0.254 e. The van der Waals surface area contributed by atoms with Gasteiger partial charge in [-0.2, -0.15) is 5.10 Å². The van der Waals surface area contributed by atoms with E-state index in [1.807, 2.05) is 6.07 Å². The van der Waals surface area contributed by atoms with Gasteiger partial charge in [-0.3, -0.25) is 9.89 Å². The highest BCUT2D eigenvalue weighted by molar-refractivity contribution is 5.95. The molecule has 1 unspecified atom stereocenters. The molecule has 0 bridgehead atoms. The molecule has 1 atom stereocenters. The van der Waals surface area contributed by atoms with Crippen LogP contribution in [0.1, 0.15) is 16.8 Å². The van der Waals surface area contributed by atoms with Crippen LogP contribution in [-0.4, -0.2) is 52.4 Å². The highest BCUT2D eigenvalue weighted by Crippen LogP contribution is 2.30. The number of methoxy groups -OCH3 is 1. The van der Waals surface area contributed by atoms with Crippen LogP contribution in [0.5, 0.6) is 5.75 Å². The van der Waals surface area contributed by atoms with Gasteiger partial charge in [-0.1, -0.05) is 0 Å². The average Bonchev–Trinajstić information content (AvgIpc) is 3.17. The van der Waals surface area contributed by atoms with E-state index in [1.165, 1.54) is 0 Å². The van der Waals surface area contributed by atoms with Gasteiger partial charge in [0.2, 0.25) is 0 Å². The largest absolute Gasteiger partial charge is 0.496 e. The zero-order valence-electron chi connectivity index (χ0n) is 11.7. The van der Waals surface area contributed by atoms with E-state index in [-0.39, 0.29) is 5.91 Å². The van der Waals surface area contributed by atoms with Gasteiger partial charge in [0.15, 0.2) is 0 Å². The number of amides is 1. The lowest BCUT2D eigenvalue weighted by molar-refractivity contribution is 0.0764. The van der Waals surface area contributed by atoms with E-state index < -0.39 is 6.10 Å². The number of aromatic nitrogens is 2. The molecule has 0 saturated carbocycles. The summed E-state index contributed by atoms with van der Waals surface area (Å²) < 4.78 is 5.38. The van der Waals surface area contributed by atoms with Crippen LogP contribution >= 0.6 is 0 Å². The van der Waals surface area contributed by atoms with Crippen molar-refractivity contribution < 1.29 is 14.6 Å². The summed E-state index contributed by atoms with van der Waals surface area (Å²) in [7, 11) is 1.58. The van der Waals surface area contributed by atoms with Crippen LogP contribution in [0.3, 0.4) is 0 Å². The van der Waals surface area contributed by atoms with Gasteiger partial charge in [0.25, 0.3) is 5.91 Å². The second-order valence-electron chi connectivity index (χ2n) is 5.10. The van der Waals surface area contributed by atoms with E-state index in [0.29, 0.717) is 30.8 Å². The van der Waals surface area contributed by atoms with Crippen molar-refractivity contribution >= 4 is 5.91 Å². The molecule has 3 rings (SSSR count). The number of carbonyl (C=O) groups excluding carboxylic acids is 1. The lowest BCUT2D eigenvalue weighted by Gasteiger charge is -2.16. The SMILES string of the molecule is COc1cc(C(=O)N2CCC(O)C2)ccc1-c1cn[nH]c1. The monoisotopic (exact) mass is 287 g/mol. The van der Waals surface area contributed by atoms with Gasteiger partial charge in [-0.15, -0.1) is 0 Å². The van der Waals surface area contributed by atoms with Gasteiger partial charge in [0.1, 0.15) is 5.75 Å². The van der Waals surface area contributed by atoms with E-state index in [0.717, 1.165) is 11.1 Å². The summed E-state index contributed by atoms with van der Waals surface area (Å²) in [4.78, 5) is 14.1. The Morgan fingerprint density at radius 2 is 2.38 bits per heavy atom. The fraction of sp³-hybridized carbons (Fsp3) is 0.333. The molecule has 2 heterocycles. The van der Waals surface area contributed by atoms with Crippen LogP contribution in [0.2, 0.25) is 0 Å². The third-order valence-corrected chi connectivity index (χ3v) is 3.71. The molecule has 110 valence electrons. The van der Waals surface area contributed by atoms with Gasteiger partial charge in [0, 0.05) is 36.0 Å². The highest BCUT2D eigenvalue weighted by Gasteiger charge is 2.26. The number of aliphatic hydroxyl groups is 1. The van der Waals surface area contributed by atoms with Crippen molar-refractivity contribution in [3.63, 3.8) is 0 Å². The minimum atomic E-state index is -0.416. The van der Waals surface area contributed by atoms with Gasteiger partial charge < -0.3 is 14.7 Å². The maximum atomic E-state index is 12.4. The Labute approximate surface area is 122 Å². The Balaban J connectivity index is 1.89. The van der Waals surface area contributed by atoms with E-state index in [9.17, 15) is 9.90 Å². The number of ether oxygens (including phenoxy) is 1. The van der Waals surface area contributed by atoms with Crippen LogP contribution in [-0.2, 0) is 0 Å². The first kappa shape index (κ1) is 13.6. The smallest absolute Gasteiger partial charge is 0.254 e. The number of likely N-dealkylation sites (tertiary alicyclic amines) is 1. The lowest BCUT2D eigenvalue weighted by atomic mass is 10.0. The average molecular weight is 287 g/mol. The molecule has 6 heteroatoms. The molecule has 0 spiro atoms. The Morgan fingerprint density at radius 3 is 3.00 bits per heavy atom. The molecule has 6 nitrogen and oxygen atoms in total. The molecule has 1 aromatic carbocycles. The standard InChI is InChI=1S/C15H17N3O3/c1-21-14-6-10(15(20)18-5-4-12(19)9-18)2-3-13(14)11-7-16-17-8-11/h2-3,6-8,12,19H,4-5,9H2,1H3,(H,16,17). The van der Waals surface area contributed by atoms with Crippen molar-refractivity contribution in [3.8, 4) is 16.9 Å². The van der Waals surface area contributed by atoms with E-state index >= 15 is 0 Å². The van der Waals surface area contributed by atoms with Gasteiger partial charge >= 0.3 is 0 Å². The van der Waals surface area contributed by atoms with Gasteiger partial charge in [-0.05, 0) is 24.6 Å². The summed E-state index contributed by atoms with van der Waals surface area (Å²) in [5.74, 6) is 0.547. The molecular weight excluding hydrogens is 270 g/mol. The molecule has 21 heavy (non-hydrogen) atoms. The number of nitrogens with one attached hydrogen (secondary N) is 1. The van der Waals surface area contributed by atoms with Gasteiger partial charge in [-0.25, -0.2) is 0 Å². The van der Waals surface area contributed by atoms with Crippen molar-refractivity contribution in [1.29, 1.82) is 0 Å². The molecule has 1 aliphatic heterocycles. The van der Waals surface area contributed by atoms with Crippen LogP contribution in [0.15, 0.2) is 30.6 Å². The normalized spacial score (nSPS) is 18.0. The number of benzene rings is 1. The van der Waals surface area contributed by atoms with Crippen molar-refractivity contribution in [1.82, 2.24) is 15.1 Å². The molecule has 0 radical (unpaired) electrons. The summed E-state index contributed by atoms with van der Waals surface area (Å²) in [5, 5.41) is 16.2. The summed E-state index contributed by atoms with van der Waals surface area (Å²) in [6, 6.07) is 5.36. The summed E-state index contributed by atoms with van der Waals surface area (Å²) in [6.07, 6.45) is 3.70. The first-order valence-corrected chi connectivity index (χ1v) is 6.83. The van der Waals surface area contributed by atoms with Crippen molar-refractivity contribution in [2.75, 3.05) is 20.2 Å². The quantitative estimate of drug-likeness (QED) is 0.891. The first-order valence-electron chi connectivity index (χ1n) is 6.83. The van der Waals surface area contributed by atoms with Crippen LogP contribution < -0.4 is 4.74 Å². The number of nitrogens with zero attached hydrogens (tertiary/aromatic N) is 2. The Kier molecular flexibility index (Phi) is 3.62. The molecule has 1 aliphatic rings. The topological polar surface area (TPSA) is 78.4 Å². The lowest BCUT2D eigenvalue weighted by Crippen LogP contribution is -2.29. The van der Waals surface area contributed by atoms with Crippen molar-refractivity contribution in [2.24, 2.45) is 0 Å². The number of aromatic amines is 1. The summed E-state index contributed by atoms with van der Waals surface area (Å²) in [5.41, 5.74) is 2.35. The van der Waals surface area contributed by atoms with Crippen LogP contribution in [0.4, 0.5) is 0 Å². The summed E-state index contributed by atoms with van der Waals surface area (Å²) >= 11 is 0. The fourth-order valence-electron chi connectivity index (χ4n) is 2.57. The third kappa shape index (κ3) is 2.62. The highest BCUT2D eigenvalue weighted by atomic mass is 16.5. The predicted molar refractivity (Wildman–Crippen MR) is 77.1 cm³/mol. The Morgan fingerprint density at radius 1 is 1.52 bits per heavy atom. The second-order valence-corrected chi connectivity index (χ2v) is 5.10. The fourth-order valence-corrected chi connectivity index (χ4v) is 2.57. The van der Waals surface area contributed by atoms with E-state index in [1.54, 1.807) is 36.5 Å². The van der Waals surface area contributed by atoms with E-state index in [2.05, 4.69) is 10.2 Å². The number of carbonyl (C=O) groups is 1. The van der Waals surface area contributed by atoms with Crippen LogP contribution in [0.25, 0.3) is 11.1 Å². The number of hydrogen-bond donors (Lipinski definition) is 2. The zero-order valence-corrected chi connectivity index (χ0v) is 11.7. The zero-order chi connectivity index (χ0) is 14.8. The van der Waals surface area contributed by atoms with Gasteiger partial charge in [0.05, 0.1) is 19.4 Å². The summed E-state index contributed by atoms with van der Waals surface area (Å²) in [6.45, 7) is 0.983. The van der Waals surface area contributed by atoms with Crippen LogP contribution in [0, 0.1) is 0 Å². The third-order valence-electron chi connectivity index (χ3n) is 3.71. The van der Waals surface area contributed by atoms with E-state index in [4.69, 9.17) is 4.74 Å². The second kappa shape index (κ2) is 5.57. The number of hydrogen-bond acceptors (Lipinski definition) is 4. The molecule has 1 saturated heterocycles. The molecule has 1 amide bonds. The Hall–Kier alpha value is -2.34. The minimum absolute atomic E-state index is 0.0800. The Bertz CT molecular complexity index is 640. The minimum Gasteiger partial charge on any atom is -0.496 e. The van der Waals surface area contributed by atoms with Crippen molar-refractivity contribution in [2.45, 2.75) is 12.5 Å².